The number of hydrogen-bond donors (Lipinski definition) is 1. The van der Waals surface area contributed by atoms with E-state index in [0.717, 1.165) is 28.7 Å². The Hall–Kier alpha value is -3.13. The van der Waals surface area contributed by atoms with Crippen LogP contribution in [0.2, 0.25) is 0 Å². The molecule has 0 saturated carbocycles. The zero-order valence-electron chi connectivity index (χ0n) is 16.4. The summed E-state index contributed by atoms with van der Waals surface area (Å²) >= 11 is 0. The first-order valence-electron chi connectivity index (χ1n) is 9.06. The smallest absolute Gasteiger partial charge is 0.293 e. The van der Waals surface area contributed by atoms with E-state index < -0.39 is 14.8 Å². The van der Waals surface area contributed by atoms with Gasteiger partial charge >= 0.3 is 0 Å². The number of rotatable bonds is 7. The normalized spacial score (nSPS) is 11.6. The van der Waals surface area contributed by atoms with Crippen LogP contribution in [0.5, 0.6) is 5.75 Å². The number of ether oxygens (including phenoxy) is 1. The highest BCUT2D eigenvalue weighted by molar-refractivity contribution is 7.90. The molecule has 1 N–H and O–H groups in total. The van der Waals surface area contributed by atoms with Gasteiger partial charge in [0.2, 0.25) is 0 Å². The average Bonchev–Trinajstić information content (AvgIpc) is 2.65. The van der Waals surface area contributed by atoms with Crippen LogP contribution in [0.1, 0.15) is 19.4 Å². The summed E-state index contributed by atoms with van der Waals surface area (Å²) in [5, 5.41) is 16.6. The van der Waals surface area contributed by atoms with Crippen LogP contribution in [0, 0.1) is 10.1 Å². The molecule has 0 unspecified atom stereocenters. The second-order valence-corrected chi connectivity index (χ2v) is 9.01. The summed E-state index contributed by atoms with van der Waals surface area (Å²) < 4.78 is 29.4. The number of hydrogen-bond acceptors (Lipinski definition) is 6. The van der Waals surface area contributed by atoms with Gasteiger partial charge in [-0.3, -0.25) is 10.1 Å². The molecular weight excluding hydrogens is 392 g/mol. The number of anilines is 1. The van der Waals surface area contributed by atoms with Gasteiger partial charge in [-0.2, -0.15) is 0 Å². The molecule has 0 heterocycles. The van der Waals surface area contributed by atoms with Crippen LogP contribution in [0.15, 0.2) is 59.5 Å². The molecule has 0 fully saturated rings. The van der Waals surface area contributed by atoms with Crippen molar-refractivity contribution in [3.63, 3.8) is 0 Å². The van der Waals surface area contributed by atoms with Crippen LogP contribution in [-0.2, 0) is 16.4 Å². The lowest BCUT2D eigenvalue weighted by Gasteiger charge is -2.17. The number of benzene rings is 3. The predicted molar refractivity (Wildman–Crippen MR) is 113 cm³/mol. The van der Waals surface area contributed by atoms with Gasteiger partial charge in [0.25, 0.3) is 5.69 Å². The molecule has 3 rings (SSSR count). The summed E-state index contributed by atoms with van der Waals surface area (Å²) in [4.78, 5) is 10.8. The predicted octanol–water partition coefficient (Wildman–Crippen LogP) is 4.55. The minimum atomic E-state index is -3.54. The maximum absolute atomic E-state index is 11.7. The Kier molecular flexibility index (Phi) is 5.74. The van der Waals surface area contributed by atoms with Crippen molar-refractivity contribution in [2.24, 2.45) is 0 Å². The Balaban J connectivity index is 2.01. The van der Waals surface area contributed by atoms with Crippen molar-refractivity contribution in [2.75, 3.05) is 11.6 Å². The molecule has 0 aliphatic carbocycles. The lowest BCUT2D eigenvalue weighted by Crippen LogP contribution is -2.10. The summed E-state index contributed by atoms with van der Waals surface area (Å²) in [7, 11) is -3.54. The SMILES string of the molecule is CC(C)Oc1ccc2ccccc2c1CNc1ccc(S(C)(=O)=O)cc1[N+](=O)[O-]. The van der Waals surface area contributed by atoms with Crippen LogP contribution >= 0.6 is 0 Å². The number of nitrogens with one attached hydrogen (secondary N) is 1. The minimum Gasteiger partial charge on any atom is -0.491 e. The molecule has 152 valence electrons. The second-order valence-electron chi connectivity index (χ2n) is 6.99. The highest BCUT2D eigenvalue weighted by atomic mass is 32.2. The van der Waals surface area contributed by atoms with E-state index in [9.17, 15) is 18.5 Å². The molecular formula is C21H22N2O5S. The summed E-state index contributed by atoms with van der Waals surface area (Å²) in [6.45, 7) is 4.14. The number of nitro benzene ring substituents is 1. The molecule has 0 amide bonds. The molecule has 8 heteroatoms. The fraction of sp³-hybridized carbons (Fsp3) is 0.238. The van der Waals surface area contributed by atoms with Gasteiger partial charge in [0, 0.05) is 24.4 Å². The van der Waals surface area contributed by atoms with E-state index in [2.05, 4.69) is 5.32 Å². The van der Waals surface area contributed by atoms with Crippen molar-refractivity contribution in [2.45, 2.75) is 31.4 Å². The molecule has 0 bridgehead atoms. The zero-order valence-corrected chi connectivity index (χ0v) is 17.2. The van der Waals surface area contributed by atoms with E-state index in [-0.39, 0.29) is 28.9 Å². The van der Waals surface area contributed by atoms with Crippen molar-refractivity contribution < 1.29 is 18.1 Å². The Bertz CT molecular complexity index is 1170. The highest BCUT2D eigenvalue weighted by Gasteiger charge is 2.19. The van der Waals surface area contributed by atoms with Gasteiger partial charge in [-0.15, -0.1) is 0 Å². The second kappa shape index (κ2) is 8.08. The molecule has 3 aromatic rings. The zero-order chi connectivity index (χ0) is 21.2. The van der Waals surface area contributed by atoms with Crippen molar-refractivity contribution in [3.05, 3.63) is 70.3 Å². The number of nitrogens with zero attached hydrogens (tertiary/aromatic N) is 1. The Morgan fingerprint density at radius 2 is 1.83 bits per heavy atom. The highest BCUT2D eigenvalue weighted by Crippen LogP contribution is 2.32. The molecule has 0 aliphatic rings. The van der Waals surface area contributed by atoms with E-state index in [1.54, 1.807) is 0 Å². The lowest BCUT2D eigenvalue weighted by atomic mass is 10.0. The lowest BCUT2D eigenvalue weighted by molar-refractivity contribution is -0.384. The summed E-state index contributed by atoms with van der Waals surface area (Å²) in [5.41, 5.74) is 0.823. The maximum atomic E-state index is 11.7. The monoisotopic (exact) mass is 414 g/mol. The third-order valence-electron chi connectivity index (χ3n) is 4.41. The quantitative estimate of drug-likeness (QED) is 0.450. The van der Waals surface area contributed by atoms with Crippen LogP contribution in [-0.4, -0.2) is 25.7 Å². The van der Waals surface area contributed by atoms with Gasteiger partial charge in [0.05, 0.1) is 15.9 Å². The molecule has 0 aliphatic heterocycles. The van der Waals surface area contributed by atoms with E-state index in [4.69, 9.17) is 4.74 Å². The van der Waals surface area contributed by atoms with Gasteiger partial charge in [-0.1, -0.05) is 30.3 Å². The first-order chi connectivity index (χ1) is 13.7. The molecule has 0 aromatic heterocycles. The number of fused-ring (bicyclic) bond motifs is 1. The first-order valence-corrected chi connectivity index (χ1v) is 11.0. The van der Waals surface area contributed by atoms with E-state index in [1.165, 1.54) is 12.1 Å². The maximum Gasteiger partial charge on any atom is 0.293 e. The van der Waals surface area contributed by atoms with Crippen molar-refractivity contribution >= 4 is 32.0 Å². The van der Waals surface area contributed by atoms with Gasteiger partial charge in [-0.05, 0) is 42.8 Å². The topological polar surface area (TPSA) is 98.5 Å². The number of nitro groups is 1. The van der Waals surface area contributed by atoms with Crippen molar-refractivity contribution in [1.82, 2.24) is 0 Å². The van der Waals surface area contributed by atoms with Crippen LogP contribution in [0.4, 0.5) is 11.4 Å². The third kappa shape index (κ3) is 4.65. The van der Waals surface area contributed by atoms with Gasteiger partial charge in [-0.25, -0.2) is 8.42 Å². The van der Waals surface area contributed by atoms with E-state index >= 15 is 0 Å². The van der Waals surface area contributed by atoms with Crippen LogP contribution in [0.3, 0.4) is 0 Å². The van der Waals surface area contributed by atoms with Crippen LogP contribution in [0.25, 0.3) is 10.8 Å². The Labute approximate surface area is 169 Å². The van der Waals surface area contributed by atoms with E-state index in [0.29, 0.717) is 5.75 Å². The fourth-order valence-electron chi connectivity index (χ4n) is 3.09. The minimum absolute atomic E-state index is 0.0294. The Morgan fingerprint density at radius 3 is 2.48 bits per heavy atom. The Morgan fingerprint density at radius 1 is 1.10 bits per heavy atom. The average molecular weight is 414 g/mol. The fourth-order valence-corrected chi connectivity index (χ4v) is 3.73. The first kappa shape index (κ1) is 20.6. The summed E-state index contributed by atoms with van der Waals surface area (Å²) in [6, 6.07) is 15.5. The van der Waals surface area contributed by atoms with E-state index in [1.807, 2.05) is 50.2 Å². The third-order valence-corrected chi connectivity index (χ3v) is 5.52. The number of sulfone groups is 1. The van der Waals surface area contributed by atoms with Crippen molar-refractivity contribution in [3.8, 4) is 5.75 Å². The molecule has 7 nitrogen and oxygen atoms in total. The molecule has 0 atom stereocenters. The molecule has 29 heavy (non-hydrogen) atoms. The van der Waals surface area contributed by atoms with Crippen LogP contribution < -0.4 is 10.1 Å². The summed E-state index contributed by atoms with van der Waals surface area (Å²) in [5.74, 6) is 0.696. The standard InChI is InChI=1S/C21H22N2O5S/c1-14(2)28-21-11-8-15-6-4-5-7-17(15)18(21)13-22-19-10-9-16(29(3,26)27)12-20(19)23(24)25/h4-12,14,22H,13H2,1-3H3. The van der Waals surface area contributed by atoms with Gasteiger partial charge in [0.15, 0.2) is 9.84 Å². The van der Waals surface area contributed by atoms with Crippen molar-refractivity contribution in [1.29, 1.82) is 0 Å². The largest absolute Gasteiger partial charge is 0.491 e. The van der Waals surface area contributed by atoms with Gasteiger partial charge in [0.1, 0.15) is 11.4 Å². The summed E-state index contributed by atoms with van der Waals surface area (Å²) in [6.07, 6.45) is 0.989. The molecule has 0 radical (unpaired) electrons. The molecule has 0 spiro atoms. The molecule has 3 aromatic carbocycles. The van der Waals surface area contributed by atoms with Gasteiger partial charge < -0.3 is 10.1 Å². The molecule has 0 saturated heterocycles.